The van der Waals surface area contributed by atoms with Crippen molar-refractivity contribution < 1.29 is 4.39 Å². The number of aromatic nitrogens is 2. The summed E-state index contributed by atoms with van der Waals surface area (Å²) in [6.07, 6.45) is 4.19. The molecule has 0 spiro atoms. The zero-order valence-corrected chi connectivity index (χ0v) is 5.55. The van der Waals surface area contributed by atoms with Crippen molar-refractivity contribution in [2.75, 3.05) is 0 Å². The van der Waals surface area contributed by atoms with E-state index < -0.39 is 6.17 Å². The van der Waals surface area contributed by atoms with Crippen LogP contribution in [0.25, 0.3) is 0 Å². The van der Waals surface area contributed by atoms with Gasteiger partial charge in [-0.05, 0) is 12.8 Å². The molecule has 1 heterocycles. The van der Waals surface area contributed by atoms with E-state index in [2.05, 4.69) is 9.97 Å². The number of imidazole rings is 1. The molecule has 54 valence electrons. The van der Waals surface area contributed by atoms with Gasteiger partial charge in [0.2, 0.25) is 0 Å². The Morgan fingerprint density at radius 2 is 2.40 bits per heavy atom. The third-order valence-corrected chi connectivity index (χ3v) is 1.99. The van der Waals surface area contributed by atoms with E-state index in [1.807, 2.05) is 0 Å². The third kappa shape index (κ3) is 0.818. The van der Waals surface area contributed by atoms with Crippen LogP contribution in [0.5, 0.6) is 0 Å². The summed E-state index contributed by atoms with van der Waals surface area (Å²) in [6.45, 7) is 0. The lowest BCUT2D eigenvalue weighted by atomic mass is 9.83. The molecule has 3 heteroatoms. The average Bonchev–Trinajstić information content (AvgIpc) is 2.31. The lowest BCUT2D eigenvalue weighted by Gasteiger charge is -2.27. The van der Waals surface area contributed by atoms with E-state index in [0.717, 1.165) is 5.82 Å². The maximum absolute atomic E-state index is 12.3. The Balaban J connectivity index is 2.04. The van der Waals surface area contributed by atoms with Crippen molar-refractivity contribution in [2.24, 2.45) is 0 Å². The van der Waals surface area contributed by atoms with Crippen LogP contribution in [-0.4, -0.2) is 16.1 Å². The second-order valence-corrected chi connectivity index (χ2v) is 2.74. The first-order valence-corrected chi connectivity index (χ1v) is 3.49. The molecule has 0 radical (unpaired) electrons. The van der Waals surface area contributed by atoms with Gasteiger partial charge in [-0.1, -0.05) is 0 Å². The number of hydrogen-bond donors (Lipinski definition) is 1. The molecule has 0 atom stereocenters. The minimum absolute atomic E-state index is 0.352. The van der Waals surface area contributed by atoms with Gasteiger partial charge in [0, 0.05) is 18.3 Å². The number of nitrogens with zero attached hydrogens (tertiary/aromatic N) is 1. The van der Waals surface area contributed by atoms with Gasteiger partial charge in [-0.25, -0.2) is 9.37 Å². The second-order valence-electron chi connectivity index (χ2n) is 2.74. The van der Waals surface area contributed by atoms with E-state index in [1.165, 1.54) is 0 Å². The Hall–Kier alpha value is -0.860. The molecule has 1 aromatic heterocycles. The second kappa shape index (κ2) is 2.08. The zero-order valence-electron chi connectivity index (χ0n) is 5.55. The molecule has 0 aromatic carbocycles. The Labute approximate surface area is 58.5 Å². The van der Waals surface area contributed by atoms with Gasteiger partial charge in [0.1, 0.15) is 12.0 Å². The molecular formula is C7H9FN2. The maximum atomic E-state index is 12.3. The number of H-pyrrole nitrogens is 1. The SMILES string of the molecule is FC1CC(c2ncc[nH]2)C1. The molecule has 1 aromatic rings. The monoisotopic (exact) mass is 140 g/mol. The van der Waals surface area contributed by atoms with Crippen LogP contribution >= 0.6 is 0 Å². The summed E-state index contributed by atoms with van der Waals surface area (Å²) < 4.78 is 12.3. The molecular weight excluding hydrogens is 131 g/mol. The molecule has 2 rings (SSSR count). The summed E-state index contributed by atoms with van der Waals surface area (Å²) >= 11 is 0. The Kier molecular flexibility index (Phi) is 1.22. The van der Waals surface area contributed by atoms with Crippen LogP contribution in [0.2, 0.25) is 0 Å². The fraction of sp³-hybridized carbons (Fsp3) is 0.571. The average molecular weight is 140 g/mol. The van der Waals surface area contributed by atoms with Crippen LogP contribution in [-0.2, 0) is 0 Å². The summed E-state index contributed by atoms with van der Waals surface area (Å²) in [4.78, 5) is 7.03. The zero-order chi connectivity index (χ0) is 6.97. The normalized spacial score (nSPS) is 31.7. The number of nitrogens with one attached hydrogen (secondary N) is 1. The Morgan fingerprint density at radius 3 is 2.90 bits per heavy atom. The van der Waals surface area contributed by atoms with Gasteiger partial charge in [0.05, 0.1) is 0 Å². The number of alkyl halides is 1. The number of halogens is 1. The molecule has 1 saturated carbocycles. The van der Waals surface area contributed by atoms with E-state index in [4.69, 9.17) is 0 Å². The van der Waals surface area contributed by atoms with E-state index in [9.17, 15) is 4.39 Å². The summed E-state index contributed by atoms with van der Waals surface area (Å²) in [5, 5.41) is 0. The minimum Gasteiger partial charge on any atom is -0.348 e. The number of aromatic amines is 1. The van der Waals surface area contributed by atoms with Gasteiger partial charge in [-0.15, -0.1) is 0 Å². The van der Waals surface area contributed by atoms with Gasteiger partial charge in [-0.2, -0.15) is 0 Å². The first-order chi connectivity index (χ1) is 4.86. The van der Waals surface area contributed by atoms with Crippen molar-refractivity contribution in [1.29, 1.82) is 0 Å². The molecule has 1 aliphatic rings. The van der Waals surface area contributed by atoms with E-state index in [-0.39, 0.29) is 0 Å². The van der Waals surface area contributed by atoms with Gasteiger partial charge in [0.25, 0.3) is 0 Å². The molecule has 1 aliphatic carbocycles. The fourth-order valence-corrected chi connectivity index (χ4v) is 1.27. The Morgan fingerprint density at radius 1 is 1.60 bits per heavy atom. The van der Waals surface area contributed by atoms with Crippen LogP contribution in [0.15, 0.2) is 12.4 Å². The summed E-state index contributed by atoms with van der Waals surface area (Å²) in [5.41, 5.74) is 0. The highest BCUT2D eigenvalue weighted by Crippen LogP contribution is 2.36. The van der Waals surface area contributed by atoms with Gasteiger partial charge in [-0.3, -0.25) is 0 Å². The fourth-order valence-electron chi connectivity index (χ4n) is 1.27. The van der Waals surface area contributed by atoms with Gasteiger partial charge < -0.3 is 4.98 Å². The molecule has 2 nitrogen and oxygen atoms in total. The summed E-state index contributed by atoms with van der Waals surface area (Å²) in [5.74, 6) is 1.29. The lowest BCUT2D eigenvalue weighted by molar-refractivity contribution is 0.174. The predicted octanol–water partition coefficient (Wildman–Crippen LogP) is 1.63. The van der Waals surface area contributed by atoms with Gasteiger partial charge >= 0.3 is 0 Å². The first kappa shape index (κ1) is 5.89. The highest BCUT2D eigenvalue weighted by Gasteiger charge is 2.31. The smallest absolute Gasteiger partial charge is 0.109 e. The Bertz CT molecular complexity index is 201. The molecule has 0 aliphatic heterocycles. The standard InChI is InChI=1S/C7H9FN2/c8-6-3-5(4-6)7-9-1-2-10-7/h1-2,5-6H,3-4H2,(H,9,10). The van der Waals surface area contributed by atoms with Crippen molar-refractivity contribution in [3.63, 3.8) is 0 Å². The molecule has 0 saturated heterocycles. The van der Waals surface area contributed by atoms with E-state index in [0.29, 0.717) is 18.8 Å². The van der Waals surface area contributed by atoms with E-state index in [1.54, 1.807) is 12.4 Å². The van der Waals surface area contributed by atoms with Crippen molar-refractivity contribution >= 4 is 0 Å². The third-order valence-electron chi connectivity index (χ3n) is 1.99. The predicted molar refractivity (Wildman–Crippen MR) is 35.5 cm³/mol. The number of hydrogen-bond acceptors (Lipinski definition) is 1. The molecule has 0 unspecified atom stereocenters. The largest absolute Gasteiger partial charge is 0.348 e. The van der Waals surface area contributed by atoms with Crippen LogP contribution in [0.3, 0.4) is 0 Å². The van der Waals surface area contributed by atoms with Crippen LogP contribution in [0.1, 0.15) is 24.6 Å². The molecule has 0 bridgehead atoms. The quantitative estimate of drug-likeness (QED) is 0.631. The highest BCUT2D eigenvalue weighted by atomic mass is 19.1. The van der Waals surface area contributed by atoms with Crippen molar-refractivity contribution in [3.8, 4) is 0 Å². The van der Waals surface area contributed by atoms with E-state index >= 15 is 0 Å². The summed E-state index contributed by atoms with van der Waals surface area (Å²) in [6, 6.07) is 0. The highest BCUT2D eigenvalue weighted by molar-refractivity contribution is 5.03. The molecule has 1 fully saturated rings. The number of rotatable bonds is 1. The van der Waals surface area contributed by atoms with Crippen molar-refractivity contribution in [2.45, 2.75) is 24.9 Å². The molecule has 1 N–H and O–H groups in total. The lowest BCUT2D eigenvalue weighted by Crippen LogP contribution is -2.23. The van der Waals surface area contributed by atoms with Crippen molar-refractivity contribution in [3.05, 3.63) is 18.2 Å². The minimum atomic E-state index is -0.588. The first-order valence-electron chi connectivity index (χ1n) is 3.49. The van der Waals surface area contributed by atoms with Crippen molar-refractivity contribution in [1.82, 2.24) is 9.97 Å². The topological polar surface area (TPSA) is 28.7 Å². The summed E-state index contributed by atoms with van der Waals surface area (Å²) in [7, 11) is 0. The maximum Gasteiger partial charge on any atom is 0.109 e. The van der Waals surface area contributed by atoms with Crippen LogP contribution in [0.4, 0.5) is 4.39 Å². The van der Waals surface area contributed by atoms with Crippen LogP contribution in [0, 0.1) is 0 Å². The van der Waals surface area contributed by atoms with Gasteiger partial charge in [0.15, 0.2) is 0 Å². The van der Waals surface area contributed by atoms with Crippen LogP contribution < -0.4 is 0 Å². The molecule has 10 heavy (non-hydrogen) atoms. The molecule has 0 amide bonds.